The first-order valence-electron chi connectivity index (χ1n) is 9.11. The van der Waals surface area contributed by atoms with Gasteiger partial charge in [-0.05, 0) is 55.5 Å². The summed E-state index contributed by atoms with van der Waals surface area (Å²) in [4.78, 5) is 15.2. The Balaban J connectivity index is 1.61. The molecule has 0 radical (unpaired) electrons. The second kappa shape index (κ2) is 9.06. The number of benzene rings is 1. The molecule has 3 rings (SSSR count). The Hall–Kier alpha value is -2.60. The molecule has 1 aromatic carbocycles. The first-order valence-corrected chi connectivity index (χ1v) is 9.49. The summed E-state index contributed by atoms with van der Waals surface area (Å²) in [5.74, 6) is 1.41. The molecule has 0 saturated heterocycles. The molecule has 0 bridgehead atoms. The summed E-state index contributed by atoms with van der Waals surface area (Å²) in [5.41, 5.74) is 0.553. The predicted octanol–water partition coefficient (Wildman–Crippen LogP) is 5.15. The van der Waals surface area contributed by atoms with Crippen molar-refractivity contribution in [3.8, 4) is 17.4 Å². The van der Waals surface area contributed by atoms with Gasteiger partial charge in [-0.3, -0.25) is 4.79 Å². The van der Waals surface area contributed by atoms with Gasteiger partial charge in [0.2, 0.25) is 11.8 Å². The largest absolute Gasteiger partial charge is 0.493 e. The van der Waals surface area contributed by atoms with E-state index in [2.05, 4.69) is 10.3 Å². The fourth-order valence-electron chi connectivity index (χ4n) is 2.46. The zero-order valence-corrected chi connectivity index (χ0v) is 16.5. The van der Waals surface area contributed by atoms with Crippen LogP contribution >= 0.6 is 11.6 Å². The Labute approximate surface area is 168 Å². The first-order chi connectivity index (χ1) is 13.4. The van der Waals surface area contributed by atoms with E-state index in [4.69, 9.17) is 21.1 Å². The summed E-state index contributed by atoms with van der Waals surface area (Å²) >= 11 is 6.26. The maximum absolute atomic E-state index is 14.1. The Morgan fingerprint density at radius 3 is 2.79 bits per heavy atom. The van der Waals surface area contributed by atoms with Crippen molar-refractivity contribution >= 4 is 23.6 Å². The zero-order chi connectivity index (χ0) is 20.1. The monoisotopic (exact) mass is 404 g/mol. The highest BCUT2D eigenvalue weighted by molar-refractivity contribution is 6.32. The molecule has 2 aromatic rings. The van der Waals surface area contributed by atoms with Gasteiger partial charge in [0.1, 0.15) is 17.3 Å². The highest BCUT2D eigenvalue weighted by Crippen LogP contribution is 2.34. The normalized spacial score (nSPS) is 15.1. The number of hydrogen-bond acceptors (Lipinski definition) is 4. The van der Waals surface area contributed by atoms with E-state index >= 15 is 0 Å². The highest BCUT2D eigenvalue weighted by Gasteiger charge is 2.22. The minimum atomic E-state index is -0.701. The van der Waals surface area contributed by atoms with Crippen molar-refractivity contribution in [2.75, 3.05) is 6.61 Å². The van der Waals surface area contributed by atoms with Gasteiger partial charge in [-0.15, -0.1) is 0 Å². The fourth-order valence-corrected chi connectivity index (χ4v) is 2.67. The predicted molar refractivity (Wildman–Crippen MR) is 106 cm³/mol. The minimum Gasteiger partial charge on any atom is -0.493 e. The van der Waals surface area contributed by atoms with Crippen molar-refractivity contribution in [3.63, 3.8) is 0 Å². The number of ether oxygens (including phenoxy) is 2. The lowest BCUT2D eigenvalue weighted by atomic mass is 10.2. The number of pyridine rings is 1. The maximum atomic E-state index is 14.1. The van der Waals surface area contributed by atoms with Crippen LogP contribution in [0.1, 0.15) is 32.3 Å². The lowest BCUT2D eigenvalue weighted by Crippen LogP contribution is -2.30. The van der Waals surface area contributed by atoms with Crippen LogP contribution in [-0.4, -0.2) is 23.5 Å². The van der Waals surface area contributed by atoms with E-state index in [9.17, 15) is 9.18 Å². The van der Waals surface area contributed by atoms with E-state index in [0.717, 1.165) is 0 Å². The zero-order valence-electron chi connectivity index (χ0n) is 15.7. The number of nitrogens with one attached hydrogen (secondary N) is 1. The lowest BCUT2D eigenvalue weighted by Gasteiger charge is -2.11. The van der Waals surface area contributed by atoms with Gasteiger partial charge in [-0.25, -0.2) is 9.37 Å². The quantitative estimate of drug-likeness (QED) is 0.660. The molecular formula is C21H22ClFN2O3. The molecule has 1 aromatic heterocycles. The van der Waals surface area contributed by atoms with Crippen molar-refractivity contribution in [1.82, 2.24) is 10.3 Å². The Bertz CT molecular complexity index is 866. The molecule has 1 amide bonds. The van der Waals surface area contributed by atoms with Gasteiger partial charge >= 0.3 is 0 Å². The number of aromatic nitrogens is 1. The Kier molecular flexibility index (Phi) is 6.52. The van der Waals surface area contributed by atoms with Crippen LogP contribution in [0.25, 0.3) is 6.08 Å². The third-order valence-corrected chi connectivity index (χ3v) is 4.49. The second-order valence-electron chi connectivity index (χ2n) is 6.83. The summed E-state index contributed by atoms with van der Waals surface area (Å²) in [5, 5.41) is 2.91. The van der Waals surface area contributed by atoms with Crippen molar-refractivity contribution in [2.45, 2.75) is 32.7 Å². The van der Waals surface area contributed by atoms with Crippen LogP contribution in [0.4, 0.5) is 4.39 Å². The number of hydrogen-bond donors (Lipinski definition) is 1. The molecule has 1 N–H and O–H groups in total. The van der Waals surface area contributed by atoms with Crippen LogP contribution in [-0.2, 0) is 4.79 Å². The smallest absolute Gasteiger partial charge is 0.219 e. The van der Waals surface area contributed by atoms with Gasteiger partial charge in [0, 0.05) is 25.3 Å². The molecule has 5 nitrogen and oxygen atoms in total. The fraction of sp³-hybridized carbons (Fsp3) is 0.333. The maximum Gasteiger partial charge on any atom is 0.219 e. The van der Waals surface area contributed by atoms with Crippen molar-refractivity contribution in [1.29, 1.82) is 0 Å². The van der Waals surface area contributed by atoms with E-state index in [1.54, 1.807) is 37.3 Å². The van der Waals surface area contributed by atoms with Crippen LogP contribution in [0.15, 0.2) is 42.4 Å². The summed E-state index contributed by atoms with van der Waals surface area (Å²) in [7, 11) is 0. The topological polar surface area (TPSA) is 60.5 Å². The number of halogens is 2. The first kappa shape index (κ1) is 20.1. The van der Waals surface area contributed by atoms with E-state index in [1.165, 1.54) is 32.0 Å². The molecule has 1 aliphatic rings. The third-order valence-electron chi connectivity index (χ3n) is 4.20. The molecule has 1 unspecified atom stereocenters. The van der Waals surface area contributed by atoms with Crippen LogP contribution in [0, 0.1) is 5.92 Å². The van der Waals surface area contributed by atoms with Gasteiger partial charge in [0.25, 0.3) is 0 Å². The van der Waals surface area contributed by atoms with Gasteiger partial charge in [0.15, 0.2) is 0 Å². The summed E-state index contributed by atoms with van der Waals surface area (Å²) < 4.78 is 25.4. The van der Waals surface area contributed by atoms with Gasteiger partial charge in [-0.2, -0.15) is 0 Å². The molecule has 0 aliphatic heterocycles. The van der Waals surface area contributed by atoms with E-state index < -0.39 is 11.9 Å². The lowest BCUT2D eigenvalue weighted by molar-refractivity contribution is -0.119. The molecule has 1 saturated carbocycles. The number of nitrogens with zero attached hydrogens (tertiary/aromatic N) is 1. The van der Waals surface area contributed by atoms with Gasteiger partial charge in [-0.1, -0.05) is 11.6 Å². The summed E-state index contributed by atoms with van der Waals surface area (Å²) in [6.45, 7) is 3.62. The number of amides is 1. The second-order valence-corrected chi connectivity index (χ2v) is 7.24. The molecule has 1 heterocycles. The standard InChI is InChI=1S/C21H22ClFN2O3/c1-13(25-14(2)26)19(23)9-16-5-8-21(24-11-16)28-20-7-6-17(10-18(20)22)27-12-15-3-4-15/h5-11,13,15H,3-4,12H2,1-2H3,(H,25,26)/b19-9-. The highest BCUT2D eigenvalue weighted by atomic mass is 35.5. The van der Waals surface area contributed by atoms with E-state index in [-0.39, 0.29) is 5.91 Å². The average Bonchev–Trinajstić information content (AvgIpc) is 3.47. The van der Waals surface area contributed by atoms with Crippen LogP contribution in [0.3, 0.4) is 0 Å². The number of rotatable bonds is 8. The van der Waals surface area contributed by atoms with Gasteiger partial charge in [0.05, 0.1) is 17.7 Å². The molecule has 1 atom stereocenters. The van der Waals surface area contributed by atoms with Crippen LogP contribution in [0.5, 0.6) is 17.4 Å². The van der Waals surface area contributed by atoms with Crippen LogP contribution < -0.4 is 14.8 Å². The molecule has 28 heavy (non-hydrogen) atoms. The summed E-state index contributed by atoms with van der Waals surface area (Å²) in [6.07, 6.45) is 5.25. The minimum absolute atomic E-state index is 0.293. The molecule has 1 aliphatic carbocycles. The van der Waals surface area contributed by atoms with Crippen molar-refractivity contribution < 1.29 is 18.7 Å². The Morgan fingerprint density at radius 2 is 2.18 bits per heavy atom. The van der Waals surface area contributed by atoms with Crippen LogP contribution in [0.2, 0.25) is 5.02 Å². The van der Waals surface area contributed by atoms with E-state index in [1.807, 2.05) is 0 Å². The average molecular weight is 405 g/mol. The molecule has 7 heteroatoms. The van der Waals surface area contributed by atoms with Crippen molar-refractivity contribution in [2.24, 2.45) is 5.92 Å². The summed E-state index contributed by atoms with van der Waals surface area (Å²) in [6, 6.07) is 7.84. The molecule has 1 fully saturated rings. The SMILES string of the molecule is CC(=O)NC(C)/C(F)=C/c1ccc(Oc2ccc(OCC3CC3)cc2Cl)nc1. The Morgan fingerprint density at radius 1 is 1.39 bits per heavy atom. The third kappa shape index (κ3) is 5.96. The molecule has 0 spiro atoms. The number of carbonyl (C=O) groups is 1. The number of carbonyl (C=O) groups excluding carboxylic acids is 1. The van der Waals surface area contributed by atoms with E-state index in [0.29, 0.717) is 40.5 Å². The molecular weight excluding hydrogens is 383 g/mol. The van der Waals surface area contributed by atoms with Gasteiger partial charge < -0.3 is 14.8 Å². The van der Waals surface area contributed by atoms with Crippen molar-refractivity contribution in [3.05, 3.63) is 52.9 Å². The molecule has 148 valence electrons.